The topological polar surface area (TPSA) is 208 Å². The Hall–Kier alpha value is -2.73. The van der Waals surface area contributed by atoms with E-state index < -0.39 is 66.9 Å². The molecule has 0 fully saturated rings. The summed E-state index contributed by atoms with van der Waals surface area (Å²) in [6, 6.07) is -4.05. The molecule has 0 rings (SSSR count). The van der Waals surface area contributed by atoms with E-state index in [0.29, 0.717) is 0 Å². The van der Waals surface area contributed by atoms with Crippen LogP contribution in [0.4, 0.5) is 0 Å². The average Bonchev–Trinajstić information content (AvgIpc) is 2.56. The number of nitrogens with two attached hydrogens (primary N) is 1. The average molecular weight is 404 g/mol. The third-order valence-corrected chi connectivity index (χ3v) is 3.60. The molecule has 0 saturated carbocycles. The Kier molecular flexibility index (Phi) is 10.7. The minimum Gasteiger partial charge on any atom is -0.481 e. The lowest BCUT2D eigenvalue weighted by Gasteiger charge is -2.21. The van der Waals surface area contributed by atoms with Crippen LogP contribution in [0.2, 0.25) is 0 Å². The number of carboxylic acids is 2. The zero-order valence-electron chi connectivity index (χ0n) is 16.0. The first kappa shape index (κ1) is 25.3. The van der Waals surface area contributed by atoms with Crippen LogP contribution in [0.1, 0.15) is 33.6 Å². The number of hydrogen-bond acceptors (Lipinski definition) is 7. The van der Waals surface area contributed by atoms with Gasteiger partial charge < -0.3 is 37.0 Å². The summed E-state index contributed by atoms with van der Waals surface area (Å²) >= 11 is 0. The predicted octanol–water partition coefficient (Wildman–Crippen LogP) is -2.61. The maximum absolute atomic E-state index is 12.3. The van der Waals surface area contributed by atoms with E-state index in [1.807, 2.05) is 0 Å². The summed E-state index contributed by atoms with van der Waals surface area (Å²) < 4.78 is 0. The van der Waals surface area contributed by atoms with Crippen LogP contribution >= 0.6 is 0 Å². The molecular weight excluding hydrogens is 376 g/mol. The van der Waals surface area contributed by atoms with Crippen molar-refractivity contribution in [3.05, 3.63) is 0 Å². The molecule has 0 bridgehead atoms. The van der Waals surface area contributed by atoms with Gasteiger partial charge in [-0.2, -0.15) is 0 Å². The molecule has 0 radical (unpaired) electrons. The fourth-order valence-corrected chi connectivity index (χ4v) is 2.10. The monoisotopic (exact) mass is 404 g/mol. The Morgan fingerprint density at radius 1 is 0.929 bits per heavy atom. The van der Waals surface area contributed by atoms with Gasteiger partial charge in [0.2, 0.25) is 17.7 Å². The van der Waals surface area contributed by atoms with Crippen molar-refractivity contribution in [2.75, 3.05) is 6.54 Å². The highest BCUT2D eigenvalue weighted by molar-refractivity contribution is 5.94. The van der Waals surface area contributed by atoms with Crippen LogP contribution < -0.4 is 21.7 Å². The number of carbonyl (C=O) groups is 5. The molecule has 0 aromatic heterocycles. The van der Waals surface area contributed by atoms with Crippen molar-refractivity contribution in [2.45, 2.75) is 57.8 Å². The van der Waals surface area contributed by atoms with Gasteiger partial charge in [-0.25, -0.2) is 4.79 Å². The van der Waals surface area contributed by atoms with Gasteiger partial charge in [0.15, 0.2) is 0 Å². The van der Waals surface area contributed by atoms with Gasteiger partial charge in [0.25, 0.3) is 0 Å². The second kappa shape index (κ2) is 11.9. The van der Waals surface area contributed by atoms with Crippen LogP contribution in [0.3, 0.4) is 0 Å². The number of nitrogens with one attached hydrogen (secondary N) is 3. The Balaban J connectivity index is 4.94. The third-order valence-electron chi connectivity index (χ3n) is 3.60. The molecule has 0 heterocycles. The van der Waals surface area contributed by atoms with Gasteiger partial charge in [0.1, 0.15) is 18.1 Å². The summed E-state index contributed by atoms with van der Waals surface area (Å²) in [5, 5.41) is 33.8. The minimum absolute atomic E-state index is 0.0535. The Morgan fingerprint density at radius 3 is 1.93 bits per heavy atom. The highest BCUT2D eigenvalue weighted by Crippen LogP contribution is 2.06. The van der Waals surface area contributed by atoms with Crippen LogP contribution in [0.15, 0.2) is 0 Å². The van der Waals surface area contributed by atoms with Crippen LogP contribution in [0, 0.1) is 5.92 Å². The Morgan fingerprint density at radius 2 is 1.50 bits per heavy atom. The lowest BCUT2D eigenvalue weighted by molar-refractivity contribution is -0.143. The molecule has 12 nitrogen and oxygen atoms in total. The van der Waals surface area contributed by atoms with Gasteiger partial charge in [-0.1, -0.05) is 13.8 Å². The van der Waals surface area contributed by atoms with Gasteiger partial charge in [0, 0.05) is 0 Å². The van der Waals surface area contributed by atoms with E-state index in [2.05, 4.69) is 16.0 Å². The molecule has 12 heteroatoms. The highest BCUT2D eigenvalue weighted by atomic mass is 16.4. The molecule has 4 unspecified atom stereocenters. The van der Waals surface area contributed by atoms with E-state index >= 15 is 0 Å². The number of amides is 3. The molecular formula is C16H28N4O8. The van der Waals surface area contributed by atoms with E-state index in [9.17, 15) is 29.1 Å². The first-order chi connectivity index (χ1) is 12.8. The lowest BCUT2D eigenvalue weighted by Crippen LogP contribution is -2.55. The maximum Gasteiger partial charge on any atom is 0.326 e. The molecule has 0 aliphatic carbocycles. The van der Waals surface area contributed by atoms with Crippen molar-refractivity contribution in [1.82, 2.24) is 16.0 Å². The first-order valence-electron chi connectivity index (χ1n) is 8.60. The molecule has 0 aromatic rings. The molecule has 4 atom stereocenters. The highest BCUT2D eigenvalue weighted by Gasteiger charge is 2.29. The van der Waals surface area contributed by atoms with Gasteiger partial charge in [0.05, 0.1) is 19.1 Å². The van der Waals surface area contributed by atoms with Crippen molar-refractivity contribution in [1.29, 1.82) is 0 Å². The van der Waals surface area contributed by atoms with Gasteiger partial charge >= 0.3 is 11.9 Å². The summed E-state index contributed by atoms with van der Waals surface area (Å²) in [6.45, 7) is 4.17. The van der Waals surface area contributed by atoms with Crippen LogP contribution in [0.5, 0.6) is 0 Å². The predicted molar refractivity (Wildman–Crippen MR) is 95.9 cm³/mol. The molecule has 160 valence electrons. The quantitative estimate of drug-likeness (QED) is 0.181. The summed E-state index contributed by atoms with van der Waals surface area (Å²) in [5.41, 5.74) is 5.39. The number of hydrogen-bond donors (Lipinski definition) is 7. The molecule has 28 heavy (non-hydrogen) atoms. The number of aliphatic hydroxyl groups is 1. The van der Waals surface area contributed by atoms with E-state index in [1.165, 1.54) is 6.92 Å². The van der Waals surface area contributed by atoms with Crippen molar-refractivity contribution in [2.24, 2.45) is 11.7 Å². The molecule has 0 aliphatic rings. The summed E-state index contributed by atoms with van der Waals surface area (Å²) in [7, 11) is 0. The van der Waals surface area contributed by atoms with Crippen LogP contribution in [-0.4, -0.2) is 75.8 Å². The third kappa shape index (κ3) is 9.83. The van der Waals surface area contributed by atoms with E-state index in [0.717, 1.165) is 0 Å². The zero-order chi connectivity index (χ0) is 22.0. The number of aliphatic carboxylic acids is 2. The van der Waals surface area contributed by atoms with Gasteiger partial charge in [-0.05, 0) is 19.3 Å². The number of carboxylic acid groups (broad SMARTS) is 2. The molecule has 3 amide bonds. The van der Waals surface area contributed by atoms with Crippen molar-refractivity contribution >= 4 is 29.7 Å². The molecule has 8 N–H and O–H groups in total. The molecule has 0 saturated heterocycles. The fourth-order valence-electron chi connectivity index (χ4n) is 2.10. The zero-order valence-corrected chi connectivity index (χ0v) is 16.0. The van der Waals surface area contributed by atoms with Gasteiger partial charge in [-0.3, -0.25) is 19.2 Å². The SMILES string of the molecule is CC(C)CC(NC(=O)C(CC(=O)O)NC(=O)CNC(=O)C(N)C(C)O)C(=O)O. The van der Waals surface area contributed by atoms with Crippen LogP contribution in [-0.2, 0) is 24.0 Å². The summed E-state index contributed by atoms with van der Waals surface area (Å²) in [5.74, 6) is -5.41. The molecule has 0 aliphatic heterocycles. The van der Waals surface area contributed by atoms with Crippen molar-refractivity contribution in [3.63, 3.8) is 0 Å². The number of aliphatic hydroxyl groups excluding tert-OH is 1. The maximum atomic E-state index is 12.3. The van der Waals surface area contributed by atoms with Crippen LogP contribution in [0.25, 0.3) is 0 Å². The van der Waals surface area contributed by atoms with E-state index in [4.69, 9.17) is 15.9 Å². The Bertz CT molecular complexity index is 593. The largest absolute Gasteiger partial charge is 0.481 e. The minimum atomic E-state index is -1.54. The lowest BCUT2D eigenvalue weighted by atomic mass is 10.0. The fraction of sp³-hybridized carbons (Fsp3) is 0.688. The molecule has 0 aromatic carbocycles. The van der Waals surface area contributed by atoms with Crippen molar-refractivity contribution < 1.29 is 39.3 Å². The Labute approximate surface area is 161 Å². The first-order valence-corrected chi connectivity index (χ1v) is 8.60. The molecule has 0 spiro atoms. The normalized spacial score (nSPS) is 15.1. The van der Waals surface area contributed by atoms with Crippen molar-refractivity contribution in [3.8, 4) is 0 Å². The van der Waals surface area contributed by atoms with E-state index in [-0.39, 0.29) is 12.3 Å². The second-order valence-corrected chi connectivity index (χ2v) is 6.73. The van der Waals surface area contributed by atoms with Gasteiger partial charge in [-0.15, -0.1) is 0 Å². The number of carbonyl (C=O) groups excluding carboxylic acids is 3. The number of rotatable bonds is 12. The second-order valence-electron chi connectivity index (χ2n) is 6.73. The standard InChI is InChI=1S/C16H28N4O8/c1-7(2)4-10(16(27)28)20-14(25)9(5-12(23)24)19-11(22)6-18-15(26)13(17)8(3)21/h7-10,13,21H,4-6,17H2,1-3H3,(H,18,26)(H,19,22)(H,20,25)(H,23,24)(H,27,28). The summed E-state index contributed by atoms with van der Waals surface area (Å²) in [6.07, 6.45) is -1.82. The summed E-state index contributed by atoms with van der Waals surface area (Å²) in [4.78, 5) is 58.0. The smallest absolute Gasteiger partial charge is 0.326 e. The van der Waals surface area contributed by atoms with E-state index in [1.54, 1.807) is 13.8 Å².